The number of nitrogens with zero attached hydrogens (tertiary/aromatic N) is 3. The molecule has 0 atom stereocenters. The van der Waals surface area contributed by atoms with Crippen LogP contribution in [-0.2, 0) is 0 Å². The van der Waals surface area contributed by atoms with E-state index in [1.54, 1.807) is 0 Å². The quantitative estimate of drug-likeness (QED) is 0.213. The van der Waals surface area contributed by atoms with Gasteiger partial charge in [-0.1, -0.05) is 84.9 Å². The highest BCUT2D eigenvalue weighted by atomic mass is 15.1. The zero-order valence-electron chi connectivity index (χ0n) is 23.4. The number of aromatic nitrogens is 2. The van der Waals surface area contributed by atoms with Crippen LogP contribution in [0.4, 0.5) is 17.1 Å². The second-order valence-corrected chi connectivity index (χ2v) is 11.2. The van der Waals surface area contributed by atoms with Crippen LogP contribution in [0.25, 0.3) is 54.4 Å². The molecule has 0 aliphatic carbocycles. The molecule has 0 saturated heterocycles. The van der Waals surface area contributed by atoms with Crippen LogP contribution in [0.2, 0.25) is 0 Å². The van der Waals surface area contributed by atoms with Crippen molar-refractivity contribution in [2.75, 3.05) is 4.90 Å². The molecule has 0 aliphatic rings. The number of benzene rings is 6. The first-order valence-corrected chi connectivity index (χ1v) is 14.7. The first-order chi connectivity index (χ1) is 21.3. The second-order valence-electron chi connectivity index (χ2n) is 11.2. The van der Waals surface area contributed by atoms with E-state index < -0.39 is 0 Å². The molecule has 0 aliphatic heterocycles. The monoisotopic (exact) mass is 549 g/mol. The Hall–Kier alpha value is -5.80. The van der Waals surface area contributed by atoms with Gasteiger partial charge < -0.3 is 13.7 Å². The van der Waals surface area contributed by atoms with Gasteiger partial charge in [0.05, 0.1) is 16.7 Å². The molecule has 0 N–H and O–H groups in total. The molecule has 3 nitrogen and oxygen atoms in total. The highest BCUT2D eigenvalue weighted by Gasteiger charge is 2.14. The summed E-state index contributed by atoms with van der Waals surface area (Å²) in [5.41, 5.74) is 7.92. The van der Waals surface area contributed by atoms with Crippen molar-refractivity contribution in [1.29, 1.82) is 0 Å². The first kappa shape index (κ1) is 23.9. The molecular formula is C40H27N3. The van der Waals surface area contributed by atoms with E-state index in [9.17, 15) is 0 Å². The third-order valence-corrected chi connectivity index (χ3v) is 8.67. The molecule has 0 fully saturated rings. The van der Waals surface area contributed by atoms with Gasteiger partial charge in [-0.25, -0.2) is 0 Å². The predicted octanol–water partition coefficient (Wildman–Crippen LogP) is 10.8. The van der Waals surface area contributed by atoms with Crippen molar-refractivity contribution in [3.63, 3.8) is 0 Å². The Labute approximate surface area is 248 Å². The van der Waals surface area contributed by atoms with E-state index in [0.717, 1.165) is 28.1 Å². The zero-order valence-corrected chi connectivity index (χ0v) is 23.4. The lowest BCUT2D eigenvalue weighted by Gasteiger charge is -2.25. The Morgan fingerprint density at radius 2 is 0.791 bits per heavy atom. The van der Waals surface area contributed by atoms with E-state index in [4.69, 9.17) is 0 Å². The van der Waals surface area contributed by atoms with Crippen LogP contribution in [0, 0.1) is 0 Å². The van der Waals surface area contributed by atoms with E-state index in [1.165, 1.54) is 43.4 Å². The largest absolute Gasteiger partial charge is 0.316 e. The minimum Gasteiger partial charge on any atom is -0.316 e. The summed E-state index contributed by atoms with van der Waals surface area (Å²) in [7, 11) is 0. The standard InChI is InChI=1S/C40H27N3/c1-3-9-32(10-4-1)43(33-11-5-2-6-12-33)36-26-34-25-35(27-36)42-22-20-29-16-18-31(24-40(29)42)38-14-8-7-13-37(38)30-17-15-28-19-21-41(34)39(28)23-30/h1-27H. The van der Waals surface area contributed by atoms with Gasteiger partial charge in [0.2, 0.25) is 0 Å². The number of para-hydroxylation sites is 2. The van der Waals surface area contributed by atoms with Crippen molar-refractivity contribution in [3.05, 3.63) is 164 Å². The SMILES string of the molecule is c1ccc(N(c2ccccc2)c2cc3cc(c2)n2ccc4ccc(cc42)c2ccccc2c2ccc4ccn3c4c2)cc1. The van der Waals surface area contributed by atoms with Crippen molar-refractivity contribution < 1.29 is 0 Å². The Bertz CT molecular complexity index is 2330. The predicted molar refractivity (Wildman–Crippen MR) is 182 cm³/mol. The van der Waals surface area contributed by atoms with Crippen molar-refractivity contribution in [1.82, 2.24) is 8.80 Å². The maximum atomic E-state index is 2.34. The average Bonchev–Trinajstić information content (AvgIpc) is 3.69. The third-order valence-electron chi connectivity index (χ3n) is 8.67. The van der Waals surface area contributed by atoms with Crippen LogP contribution < -0.4 is 4.90 Å². The molecule has 9 aromatic rings. The van der Waals surface area contributed by atoms with Gasteiger partial charge in [-0.05, 0) is 99.0 Å². The van der Waals surface area contributed by atoms with E-state index in [1.807, 2.05) is 0 Å². The van der Waals surface area contributed by atoms with Crippen LogP contribution in [0.1, 0.15) is 0 Å². The number of hydrogen-bond donors (Lipinski definition) is 0. The van der Waals surface area contributed by atoms with Crippen molar-refractivity contribution in [2.45, 2.75) is 0 Å². The summed E-state index contributed by atoms with van der Waals surface area (Å²) in [6.07, 6.45) is 4.40. The molecule has 0 saturated carbocycles. The molecule has 9 rings (SSSR count). The lowest BCUT2D eigenvalue weighted by molar-refractivity contribution is 1.23. The Balaban J connectivity index is 1.50. The van der Waals surface area contributed by atoms with Crippen molar-refractivity contribution in [2.24, 2.45) is 0 Å². The molecule has 202 valence electrons. The molecule has 0 amide bonds. The highest BCUT2D eigenvalue weighted by molar-refractivity contribution is 6.08. The lowest BCUT2D eigenvalue weighted by atomic mass is 10.0. The van der Waals surface area contributed by atoms with Crippen LogP contribution in [-0.4, -0.2) is 8.80 Å². The Kier molecular flexibility index (Phi) is 5.20. The van der Waals surface area contributed by atoms with Crippen LogP contribution >= 0.6 is 0 Å². The molecule has 3 heterocycles. The topological polar surface area (TPSA) is 12.1 Å². The molecule has 43 heavy (non-hydrogen) atoms. The summed E-state index contributed by atoms with van der Waals surface area (Å²) >= 11 is 0. The summed E-state index contributed by atoms with van der Waals surface area (Å²) in [4.78, 5) is 2.34. The fourth-order valence-electron chi connectivity index (χ4n) is 6.62. The van der Waals surface area contributed by atoms with Gasteiger partial charge in [0, 0.05) is 34.8 Å². The molecule has 0 spiro atoms. The van der Waals surface area contributed by atoms with Crippen molar-refractivity contribution in [3.8, 4) is 0 Å². The summed E-state index contributed by atoms with van der Waals surface area (Å²) in [5, 5.41) is 7.33. The normalized spacial score (nSPS) is 11.7. The van der Waals surface area contributed by atoms with Gasteiger partial charge in [-0.15, -0.1) is 0 Å². The van der Waals surface area contributed by atoms with E-state index in [2.05, 4.69) is 178 Å². The summed E-state index contributed by atoms with van der Waals surface area (Å²) in [5.74, 6) is 0. The Morgan fingerprint density at radius 3 is 1.28 bits per heavy atom. The molecular weight excluding hydrogens is 522 g/mol. The average molecular weight is 550 g/mol. The van der Waals surface area contributed by atoms with Gasteiger partial charge in [0.15, 0.2) is 0 Å². The summed E-state index contributed by atoms with van der Waals surface area (Å²) in [6.45, 7) is 0. The van der Waals surface area contributed by atoms with Gasteiger partial charge >= 0.3 is 0 Å². The number of anilines is 3. The number of fused-ring (bicyclic) bond motifs is 9. The maximum Gasteiger partial charge on any atom is 0.0534 e. The van der Waals surface area contributed by atoms with E-state index >= 15 is 0 Å². The van der Waals surface area contributed by atoms with E-state index in [0.29, 0.717) is 0 Å². The van der Waals surface area contributed by atoms with E-state index in [-0.39, 0.29) is 0 Å². The molecule has 6 bridgehead atoms. The summed E-state index contributed by atoms with van der Waals surface area (Å²) < 4.78 is 4.66. The van der Waals surface area contributed by atoms with Gasteiger partial charge in [0.25, 0.3) is 0 Å². The second kappa shape index (κ2) is 9.37. The smallest absolute Gasteiger partial charge is 0.0534 e. The van der Waals surface area contributed by atoms with Crippen LogP contribution in [0.3, 0.4) is 0 Å². The lowest BCUT2D eigenvalue weighted by Crippen LogP contribution is -2.10. The molecule has 3 heteroatoms. The Morgan fingerprint density at radius 1 is 0.349 bits per heavy atom. The van der Waals surface area contributed by atoms with Gasteiger partial charge in [-0.3, -0.25) is 0 Å². The van der Waals surface area contributed by atoms with Gasteiger partial charge in [0.1, 0.15) is 0 Å². The molecule has 3 aromatic heterocycles. The number of hydrogen-bond acceptors (Lipinski definition) is 1. The fourth-order valence-corrected chi connectivity index (χ4v) is 6.62. The minimum absolute atomic E-state index is 1.10. The molecule has 6 aromatic carbocycles. The van der Waals surface area contributed by atoms with Crippen molar-refractivity contribution >= 4 is 71.4 Å². The minimum atomic E-state index is 1.10. The van der Waals surface area contributed by atoms with Gasteiger partial charge in [-0.2, -0.15) is 0 Å². The highest BCUT2D eigenvalue weighted by Crippen LogP contribution is 2.37. The number of rotatable bonds is 3. The molecule has 0 radical (unpaired) electrons. The fraction of sp³-hybridized carbons (Fsp3) is 0. The molecule has 0 unspecified atom stereocenters. The van der Waals surface area contributed by atoms with Crippen LogP contribution in [0.5, 0.6) is 0 Å². The maximum absolute atomic E-state index is 2.34. The van der Waals surface area contributed by atoms with Crippen LogP contribution in [0.15, 0.2) is 164 Å². The summed E-state index contributed by atoms with van der Waals surface area (Å²) in [6, 6.07) is 55.0. The zero-order chi connectivity index (χ0) is 28.3. The first-order valence-electron chi connectivity index (χ1n) is 14.7. The third kappa shape index (κ3) is 3.83.